The van der Waals surface area contributed by atoms with Crippen LogP contribution in [0.4, 0.5) is 5.69 Å². The first-order valence-electron chi connectivity index (χ1n) is 6.93. The lowest BCUT2D eigenvalue weighted by Crippen LogP contribution is -2.33. The largest absolute Gasteiger partial charge is 0.478 e. The van der Waals surface area contributed by atoms with Crippen molar-refractivity contribution in [3.8, 4) is 0 Å². The number of carbonyl (C=O) groups excluding carboxylic acids is 1. The van der Waals surface area contributed by atoms with E-state index in [1.807, 2.05) is 0 Å². The number of anilines is 1. The third kappa shape index (κ3) is 5.86. The highest BCUT2D eigenvalue weighted by Crippen LogP contribution is 2.20. The highest BCUT2D eigenvalue weighted by molar-refractivity contribution is 7.80. The van der Waals surface area contributed by atoms with Gasteiger partial charge in [0.15, 0.2) is 5.11 Å². The number of carboxylic acids is 1. The average molecular weight is 395 g/mol. The number of hydrogen-bond donors (Lipinski definition) is 3. The minimum absolute atomic E-state index is 0.0319. The maximum Gasteiger partial charge on any atom is 0.337 e. The molecule has 0 bridgehead atoms. The molecule has 0 heterocycles. The molecule has 0 aliphatic heterocycles. The quantitative estimate of drug-likeness (QED) is 0.534. The summed E-state index contributed by atoms with van der Waals surface area (Å²) in [6.45, 7) is 0. The van der Waals surface area contributed by atoms with Gasteiger partial charge in [-0.05, 0) is 54.2 Å². The molecule has 128 valence electrons. The third-order valence-electron chi connectivity index (χ3n) is 2.99. The van der Waals surface area contributed by atoms with Crippen LogP contribution in [0.25, 0.3) is 6.08 Å². The molecule has 5 nitrogen and oxygen atoms in total. The van der Waals surface area contributed by atoms with Gasteiger partial charge in [0, 0.05) is 16.1 Å². The van der Waals surface area contributed by atoms with Crippen molar-refractivity contribution in [1.29, 1.82) is 0 Å². The average Bonchev–Trinajstić information content (AvgIpc) is 2.55. The van der Waals surface area contributed by atoms with Gasteiger partial charge in [-0.1, -0.05) is 35.3 Å². The van der Waals surface area contributed by atoms with E-state index in [0.29, 0.717) is 5.02 Å². The van der Waals surface area contributed by atoms with Crippen LogP contribution >= 0.6 is 35.4 Å². The van der Waals surface area contributed by atoms with Crippen molar-refractivity contribution in [2.75, 3.05) is 5.32 Å². The van der Waals surface area contributed by atoms with Crippen molar-refractivity contribution < 1.29 is 14.7 Å². The van der Waals surface area contributed by atoms with Gasteiger partial charge in [0.1, 0.15) is 0 Å². The Labute approximate surface area is 159 Å². The molecule has 3 N–H and O–H groups in total. The summed E-state index contributed by atoms with van der Waals surface area (Å²) in [6.07, 6.45) is 2.90. The number of carbonyl (C=O) groups is 2. The molecule has 0 saturated carbocycles. The summed E-state index contributed by atoms with van der Waals surface area (Å²) in [5.41, 5.74) is 0.967. The van der Waals surface area contributed by atoms with E-state index in [4.69, 9.17) is 40.5 Å². The van der Waals surface area contributed by atoms with Gasteiger partial charge >= 0.3 is 5.97 Å². The molecule has 0 saturated heterocycles. The van der Waals surface area contributed by atoms with Gasteiger partial charge in [0.05, 0.1) is 11.3 Å². The SMILES string of the molecule is O=C(/C=C/c1ccc(Cl)cc1)NC(=S)Nc1ccc(Cl)cc1C(=O)O. The van der Waals surface area contributed by atoms with E-state index in [2.05, 4.69) is 10.6 Å². The Morgan fingerprint density at radius 2 is 1.68 bits per heavy atom. The number of hydrogen-bond acceptors (Lipinski definition) is 3. The Bertz CT molecular complexity index is 851. The van der Waals surface area contributed by atoms with Gasteiger partial charge in [0.2, 0.25) is 5.91 Å². The first-order valence-corrected chi connectivity index (χ1v) is 8.10. The fourth-order valence-electron chi connectivity index (χ4n) is 1.86. The Hall–Kier alpha value is -2.41. The predicted octanol–water partition coefficient (Wildman–Crippen LogP) is 4.22. The van der Waals surface area contributed by atoms with Crippen molar-refractivity contribution in [3.05, 3.63) is 69.7 Å². The fourth-order valence-corrected chi connectivity index (χ4v) is 2.36. The smallest absolute Gasteiger partial charge is 0.337 e. The fraction of sp³-hybridized carbons (Fsp3) is 0. The molecule has 0 aromatic heterocycles. The van der Waals surface area contributed by atoms with Crippen molar-refractivity contribution in [1.82, 2.24) is 5.32 Å². The standard InChI is InChI=1S/C17H12Cl2N2O3S/c18-11-4-1-10(2-5-11)3-8-15(22)21-17(25)20-14-7-6-12(19)9-13(14)16(23)24/h1-9H,(H,23,24)(H2,20,21,22,25)/b8-3+. The number of thiocarbonyl (C=S) groups is 1. The topological polar surface area (TPSA) is 78.4 Å². The molecule has 25 heavy (non-hydrogen) atoms. The normalized spacial score (nSPS) is 10.5. The number of nitrogens with one attached hydrogen (secondary N) is 2. The van der Waals surface area contributed by atoms with Gasteiger partial charge in [0.25, 0.3) is 0 Å². The number of aromatic carboxylic acids is 1. The number of carboxylic acid groups (broad SMARTS) is 1. The van der Waals surface area contributed by atoms with Crippen LogP contribution in [0.5, 0.6) is 0 Å². The summed E-state index contributed by atoms with van der Waals surface area (Å²) in [7, 11) is 0. The summed E-state index contributed by atoms with van der Waals surface area (Å²) in [5.74, 6) is -1.62. The van der Waals surface area contributed by atoms with Gasteiger partial charge in [-0.25, -0.2) is 4.79 Å². The van der Waals surface area contributed by atoms with Crippen molar-refractivity contribution in [2.24, 2.45) is 0 Å². The summed E-state index contributed by atoms with van der Waals surface area (Å²) in [6, 6.07) is 11.2. The Kier molecular flexibility index (Phi) is 6.52. The number of rotatable bonds is 4. The van der Waals surface area contributed by atoms with Gasteiger partial charge in [-0.3, -0.25) is 10.1 Å². The number of benzene rings is 2. The zero-order chi connectivity index (χ0) is 18.4. The van der Waals surface area contributed by atoms with Crippen LogP contribution in [0.15, 0.2) is 48.5 Å². The molecule has 0 aliphatic rings. The lowest BCUT2D eigenvalue weighted by atomic mass is 10.2. The first-order chi connectivity index (χ1) is 11.8. The molecule has 8 heteroatoms. The van der Waals surface area contributed by atoms with Crippen LogP contribution in [-0.4, -0.2) is 22.1 Å². The first kappa shape index (κ1) is 18.9. The van der Waals surface area contributed by atoms with Gasteiger partial charge in [-0.2, -0.15) is 0 Å². The third-order valence-corrected chi connectivity index (χ3v) is 3.69. The molecule has 2 aromatic carbocycles. The predicted molar refractivity (Wildman–Crippen MR) is 103 cm³/mol. The molecule has 0 fully saturated rings. The molecular formula is C17H12Cl2N2O3S. The summed E-state index contributed by atoms with van der Waals surface area (Å²) < 4.78 is 0. The lowest BCUT2D eigenvalue weighted by molar-refractivity contribution is -0.115. The molecular weight excluding hydrogens is 383 g/mol. The van der Waals surface area contributed by atoms with Crippen LogP contribution < -0.4 is 10.6 Å². The summed E-state index contributed by atoms with van der Waals surface area (Å²) in [5, 5.41) is 15.1. The van der Waals surface area contributed by atoms with Gasteiger partial charge in [-0.15, -0.1) is 0 Å². The van der Waals surface area contributed by atoms with E-state index in [9.17, 15) is 9.59 Å². The van der Waals surface area contributed by atoms with Gasteiger partial charge < -0.3 is 10.4 Å². The Morgan fingerprint density at radius 1 is 1.04 bits per heavy atom. The maximum absolute atomic E-state index is 11.9. The molecule has 0 atom stereocenters. The van der Waals surface area contributed by atoms with Crippen molar-refractivity contribution in [2.45, 2.75) is 0 Å². The van der Waals surface area contributed by atoms with Crippen LogP contribution in [0.3, 0.4) is 0 Å². The maximum atomic E-state index is 11.9. The monoisotopic (exact) mass is 394 g/mol. The van der Waals surface area contributed by atoms with E-state index in [0.717, 1.165) is 5.56 Å². The number of amides is 1. The lowest BCUT2D eigenvalue weighted by Gasteiger charge is -2.11. The second-order valence-electron chi connectivity index (χ2n) is 4.82. The summed E-state index contributed by atoms with van der Waals surface area (Å²) in [4.78, 5) is 23.1. The molecule has 0 radical (unpaired) electrons. The Morgan fingerprint density at radius 3 is 2.32 bits per heavy atom. The van der Waals surface area contributed by atoms with E-state index in [-0.39, 0.29) is 21.4 Å². The molecule has 0 unspecified atom stereocenters. The van der Waals surface area contributed by atoms with E-state index in [1.54, 1.807) is 30.3 Å². The van der Waals surface area contributed by atoms with Crippen LogP contribution in [0, 0.1) is 0 Å². The summed E-state index contributed by atoms with van der Waals surface area (Å²) >= 11 is 16.6. The molecule has 0 spiro atoms. The van der Waals surface area contributed by atoms with Crippen LogP contribution in [0.2, 0.25) is 10.0 Å². The Balaban J connectivity index is 1.99. The molecule has 1 amide bonds. The minimum atomic E-state index is -1.17. The zero-order valence-corrected chi connectivity index (χ0v) is 15.0. The van der Waals surface area contributed by atoms with Crippen LogP contribution in [0.1, 0.15) is 15.9 Å². The van der Waals surface area contributed by atoms with Crippen molar-refractivity contribution >= 4 is 64.2 Å². The zero-order valence-electron chi connectivity index (χ0n) is 12.6. The second-order valence-corrected chi connectivity index (χ2v) is 6.10. The highest BCUT2D eigenvalue weighted by Gasteiger charge is 2.12. The molecule has 0 aliphatic carbocycles. The highest BCUT2D eigenvalue weighted by atomic mass is 35.5. The van der Waals surface area contributed by atoms with E-state index in [1.165, 1.54) is 24.3 Å². The molecule has 2 aromatic rings. The van der Waals surface area contributed by atoms with E-state index >= 15 is 0 Å². The second kappa shape index (κ2) is 8.62. The minimum Gasteiger partial charge on any atom is -0.478 e. The van der Waals surface area contributed by atoms with Crippen molar-refractivity contribution in [3.63, 3.8) is 0 Å². The van der Waals surface area contributed by atoms with E-state index < -0.39 is 11.9 Å². The van der Waals surface area contributed by atoms with Crippen LogP contribution in [-0.2, 0) is 4.79 Å². The molecule has 2 rings (SSSR count). The number of halogens is 2.